The number of hydrogen-bond donors (Lipinski definition) is 0. The second-order valence-corrected chi connectivity index (χ2v) is 6.85. The zero-order valence-corrected chi connectivity index (χ0v) is 17.0. The zero-order valence-electron chi connectivity index (χ0n) is 17.0. The smallest absolute Gasteiger partial charge is 0.273 e. The van der Waals surface area contributed by atoms with E-state index in [4.69, 9.17) is 4.74 Å². The van der Waals surface area contributed by atoms with Gasteiger partial charge in [0, 0.05) is 37.6 Å². The summed E-state index contributed by atoms with van der Waals surface area (Å²) < 4.78 is 21.2. The minimum Gasteiger partial charge on any atom is -0.475 e. The topological polar surface area (TPSA) is 73.1 Å². The van der Waals surface area contributed by atoms with Crippen LogP contribution in [0, 0.1) is 12.7 Å². The summed E-state index contributed by atoms with van der Waals surface area (Å²) in [7, 11) is 1.76. The minimum atomic E-state index is -0.521. The number of likely N-dealkylation sites (N-methyl/N-ethyl adjacent to an activating group) is 1. The first kappa shape index (κ1) is 20.4. The van der Waals surface area contributed by atoms with Crippen molar-refractivity contribution in [3.63, 3.8) is 0 Å². The van der Waals surface area contributed by atoms with Gasteiger partial charge >= 0.3 is 0 Å². The molecule has 29 heavy (non-hydrogen) atoms. The van der Waals surface area contributed by atoms with Gasteiger partial charge in [0.1, 0.15) is 18.1 Å². The molecule has 3 rings (SSSR count). The summed E-state index contributed by atoms with van der Waals surface area (Å²) in [5.41, 5.74) is 2.06. The summed E-state index contributed by atoms with van der Waals surface area (Å²) in [4.78, 5) is 23.1. The van der Waals surface area contributed by atoms with Crippen LogP contribution >= 0.6 is 0 Å². The SMILES string of the molecule is CCN(C(=O)c1ncc(F)cc1-c1ccn(C)n1)[C@@H](C)COc1ccc(C)cn1. The summed E-state index contributed by atoms with van der Waals surface area (Å²) in [6.45, 7) is 6.44. The number of carbonyl (C=O) groups is 1. The summed E-state index contributed by atoms with van der Waals surface area (Å²) in [6, 6.07) is 6.48. The molecule has 1 atom stereocenters. The second kappa shape index (κ2) is 8.81. The highest BCUT2D eigenvalue weighted by atomic mass is 19.1. The Bertz CT molecular complexity index is 987. The van der Waals surface area contributed by atoms with E-state index in [1.807, 2.05) is 26.8 Å². The first-order valence-electron chi connectivity index (χ1n) is 9.41. The van der Waals surface area contributed by atoms with Gasteiger partial charge in [-0.25, -0.2) is 14.4 Å². The van der Waals surface area contributed by atoms with Crippen LogP contribution in [0.3, 0.4) is 0 Å². The molecule has 0 fully saturated rings. The second-order valence-electron chi connectivity index (χ2n) is 6.85. The first-order valence-corrected chi connectivity index (χ1v) is 9.41. The number of carbonyl (C=O) groups excluding carboxylic acids is 1. The summed E-state index contributed by atoms with van der Waals surface area (Å²) in [5, 5.41) is 4.28. The molecule has 0 aliphatic heterocycles. The number of aromatic nitrogens is 4. The van der Waals surface area contributed by atoms with Crippen LogP contribution in [0.25, 0.3) is 11.3 Å². The van der Waals surface area contributed by atoms with Gasteiger partial charge in [-0.15, -0.1) is 0 Å². The first-order chi connectivity index (χ1) is 13.9. The summed E-state index contributed by atoms with van der Waals surface area (Å²) >= 11 is 0. The van der Waals surface area contributed by atoms with Crippen LogP contribution in [0.5, 0.6) is 5.88 Å². The predicted octanol–water partition coefficient (Wildman–Crippen LogP) is 3.25. The van der Waals surface area contributed by atoms with Gasteiger partial charge in [0.05, 0.1) is 17.9 Å². The Morgan fingerprint density at radius 2 is 2.07 bits per heavy atom. The van der Waals surface area contributed by atoms with Crippen LogP contribution in [-0.4, -0.2) is 49.7 Å². The lowest BCUT2D eigenvalue weighted by Gasteiger charge is -2.28. The van der Waals surface area contributed by atoms with Crippen molar-refractivity contribution >= 4 is 5.91 Å². The van der Waals surface area contributed by atoms with Crippen molar-refractivity contribution in [2.24, 2.45) is 7.05 Å². The number of pyridine rings is 2. The molecular formula is C21H24FN5O2. The van der Waals surface area contributed by atoms with E-state index >= 15 is 0 Å². The normalized spacial score (nSPS) is 11.9. The van der Waals surface area contributed by atoms with E-state index < -0.39 is 5.82 Å². The van der Waals surface area contributed by atoms with E-state index in [2.05, 4.69) is 15.1 Å². The van der Waals surface area contributed by atoms with Gasteiger partial charge in [0.15, 0.2) is 0 Å². The fourth-order valence-corrected chi connectivity index (χ4v) is 2.99. The van der Waals surface area contributed by atoms with Crippen molar-refractivity contribution in [3.8, 4) is 17.1 Å². The molecule has 7 nitrogen and oxygen atoms in total. The van der Waals surface area contributed by atoms with Crippen molar-refractivity contribution in [3.05, 3.63) is 59.9 Å². The van der Waals surface area contributed by atoms with Crippen LogP contribution in [-0.2, 0) is 7.05 Å². The molecule has 3 aromatic rings. The Morgan fingerprint density at radius 1 is 1.28 bits per heavy atom. The molecule has 0 spiro atoms. The largest absolute Gasteiger partial charge is 0.475 e. The molecule has 0 aliphatic carbocycles. The van der Waals surface area contributed by atoms with Crippen molar-refractivity contribution in [2.75, 3.05) is 13.2 Å². The Labute approximate surface area is 169 Å². The molecule has 0 saturated heterocycles. The van der Waals surface area contributed by atoms with E-state index in [1.54, 1.807) is 41.2 Å². The molecule has 0 aromatic carbocycles. The molecule has 0 unspecified atom stereocenters. The van der Waals surface area contributed by atoms with Crippen LogP contribution in [0.15, 0.2) is 42.9 Å². The fourth-order valence-electron chi connectivity index (χ4n) is 2.99. The van der Waals surface area contributed by atoms with E-state index in [0.29, 0.717) is 23.7 Å². The lowest BCUT2D eigenvalue weighted by Crippen LogP contribution is -2.42. The van der Waals surface area contributed by atoms with Crippen LogP contribution in [0.1, 0.15) is 29.9 Å². The van der Waals surface area contributed by atoms with Crippen LogP contribution < -0.4 is 4.74 Å². The quantitative estimate of drug-likeness (QED) is 0.612. The maximum Gasteiger partial charge on any atom is 0.273 e. The number of nitrogens with zero attached hydrogens (tertiary/aromatic N) is 5. The number of ether oxygens (including phenoxy) is 1. The number of rotatable bonds is 7. The van der Waals surface area contributed by atoms with Gasteiger partial charge in [-0.05, 0) is 38.5 Å². The lowest BCUT2D eigenvalue weighted by molar-refractivity contribution is 0.0641. The standard InChI is InChI=1S/C21H24FN5O2/c1-5-27(15(3)13-29-19-7-6-14(2)11-23-19)21(28)20-17(10-16(22)12-24-20)18-8-9-26(4)25-18/h6-12,15H,5,13H2,1-4H3/t15-/m0/s1. The third-order valence-electron chi connectivity index (χ3n) is 4.54. The van der Waals surface area contributed by atoms with Gasteiger partial charge in [-0.1, -0.05) is 6.07 Å². The van der Waals surface area contributed by atoms with E-state index in [-0.39, 0.29) is 24.2 Å². The average molecular weight is 397 g/mol. The maximum absolute atomic E-state index is 13.8. The highest BCUT2D eigenvalue weighted by molar-refractivity contribution is 5.98. The third-order valence-corrected chi connectivity index (χ3v) is 4.54. The number of amides is 1. The molecule has 0 saturated carbocycles. The Balaban J connectivity index is 1.81. The van der Waals surface area contributed by atoms with Crippen LogP contribution in [0.2, 0.25) is 0 Å². The molecule has 0 radical (unpaired) electrons. The van der Waals surface area contributed by atoms with Gasteiger partial charge in [0.25, 0.3) is 5.91 Å². The number of halogens is 1. The number of aryl methyl sites for hydroxylation is 2. The average Bonchev–Trinajstić information content (AvgIpc) is 3.14. The Morgan fingerprint density at radius 3 is 2.69 bits per heavy atom. The minimum absolute atomic E-state index is 0.160. The van der Waals surface area contributed by atoms with Crippen molar-refractivity contribution in [1.82, 2.24) is 24.6 Å². The molecule has 0 aliphatic rings. The fraction of sp³-hybridized carbons (Fsp3) is 0.333. The zero-order chi connectivity index (χ0) is 21.0. The van der Waals surface area contributed by atoms with Gasteiger partial charge in [0.2, 0.25) is 5.88 Å². The lowest BCUT2D eigenvalue weighted by atomic mass is 10.1. The molecule has 152 valence electrons. The molecule has 0 bridgehead atoms. The monoisotopic (exact) mass is 397 g/mol. The van der Waals surface area contributed by atoms with E-state index in [0.717, 1.165) is 11.8 Å². The Kier molecular flexibility index (Phi) is 6.21. The number of hydrogen-bond acceptors (Lipinski definition) is 5. The molecule has 1 amide bonds. The molecule has 3 aromatic heterocycles. The van der Waals surface area contributed by atoms with Gasteiger partial charge in [-0.2, -0.15) is 5.10 Å². The van der Waals surface area contributed by atoms with Gasteiger partial charge < -0.3 is 9.64 Å². The molecule has 8 heteroatoms. The van der Waals surface area contributed by atoms with Crippen molar-refractivity contribution in [2.45, 2.75) is 26.8 Å². The highest BCUT2D eigenvalue weighted by Crippen LogP contribution is 2.23. The van der Waals surface area contributed by atoms with Crippen molar-refractivity contribution in [1.29, 1.82) is 0 Å². The molecule has 0 N–H and O–H groups in total. The molecule has 3 heterocycles. The predicted molar refractivity (Wildman–Crippen MR) is 107 cm³/mol. The Hall–Kier alpha value is -3.29. The van der Waals surface area contributed by atoms with Crippen molar-refractivity contribution < 1.29 is 13.9 Å². The highest BCUT2D eigenvalue weighted by Gasteiger charge is 2.25. The maximum atomic E-state index is 13.8. The van der Waals surface area contributed by atoms with E-state index in [1.165, 1.54) is 6.07 Å². The van der Waals surface area contributed by atoms with Crippen LogP contribution in [0.4, 0.5) is 4.39 Å². The summed E-state index contributed by atoms with van der Waals surface area (Å²) in [6.07, 6.45) is 4.51. The third kappa shape index (κ3) is 4.77. The molecular weight excluding hydrogens is 373 g/mol. The van der Waals surface area contributed by atoms with E-state index in [9.17, 15) is 9.18 Å². The summed E-state index contributed by atoms with van der Waals surface area (Å²) in [5.74, 6) is -0.326. The van der Waals surface area contributed by atoms with Gasteiger partial charge in [-0.3, -0.25) is 9.48 Å².